The molecule has 3 heterocycles. The van der Waals surface area contributed by atoms with E-state index in [0.29, 0.717) is 5.56 Å². The van der Waals surface area contributed by atoms with Gasteiger partial charge in [0.2, 0.25) is 0 Å². The lowest BCUT2D eigenvalue weighted by Gasteiger charge is -2.31. The number of piperidine rings is 1. The molecular formula is C21H24F3N5. The average Bonchev–Trinajstić information content (AvgIpc) is 3.28. The van der Waals surface area contributed by atoms with Gasteiger partial charge in [0.15, 0.2) is 0 Å². The number of hydrogen-bond acceptors (Lipinski definition) is 3. The van der Waals surface area contributed by atoms with Crippen LogP contribution < -0.4 is 0 Å². The van der Waals surface area contributed by atoms with Crippen molar-refractivity contribution in [3.05, 3.63) is 59.2 Å². The predicted molar refractivity (Wildman–Crippen MR) is 104 cm³/mol. The van der Waals surface area contributed by atoms with Crippen molar-refractivity contribution in [3.8, 4) is 11.1 Å². The van der Waals surface area contributed by atoms with Crippen LogP contribution in [0, 0.1) is 6.92 Å². The maximum Gasteiger partial charge on any atom is 0.416 e. The van der Waals surface area contributed by atoms with Gasteiger partial charge in [-0.3, -0.25) is 14.7 Å². The van der Waals surface area contributed by atoms with Crippen molar-refractivity contribution in [2.45, 2.75) is 38.4 Å². The third-order valence-electron chi connectivity index (χ3n) is 5.67. The van der Waals surface area contributed by atoms with Gasteiger partial charge in [0, 0.05) is 42.5 Å². The van der Waals surface area contributed by atoms with Crippen LogP contribution >= 0.6 is 0 Å². The van der Waals surface area contributed by atoms with Gasteiger partial charge in [-0.15, -0.1) is 0 Å². The first-order valence-electron chi connectivity index (χ1n) is 9.73. The summed E-state index contributed by atoms with van der Waals surface area (Å²) in [5.41, 5.74) is 3.90. The summed E-state index contributed by atoms with van der Waals surface area (Å²) < 4.78 is 41.1. The van der Waals surface area contributed by atoms with E-state index in [9.17, 15) is 13.2 Å². The standard InChI is InChI=1S/C21H24F3N5/c1-14-17(12-28(2)27-14)13-29-8-6-15(7-9-29)20-19(11-25-26-20)16-4-3-5-18(10-16)21(22,23)24/h3-5,10-12,15H,6-9,13H2,1-2H3,(H,25,26). The number of hydrogen-bond donors (Lipinski definition) is 1. The molecule has 1 aromatic carbocycles. The summed E-state index contributed by atoms with van der Waals surface area (Å²) in [4.78, 5) is 2.40. The fourth-order valence-corrected chi connectivity index (χ4v) is 4.12. The number of alkyl halides is 3. The zero-order valence-electron chi connectivity index (χ0n) is 16.5. The van der Waals surface area contributed by atoms with E-state index in [1.807, 2.05) is 18.7 Å². The molecule has 0 unspecified atom stereocenters. The first kappa shape index (κ1) is 19.7. The van der Waals surface area contributed by atoms with Crippen molar-refractivity contribution in [2.24, 2.45) is 7.05 Å². The van der Waals surface area contributed by atoms with Gasteiger partial charge in [-0.1, -0.05) is 12.1 Å². The van der Waals surface area contributed by atoms with Gasteiger partial charge in [-0.05, 0) is 50.6 Å². The Hall–Kier alpha value is -2.61. The lowest BCUT2D eigenvalue weighted by molar-refractivity contribution is -0.137. The first-order chi connectivity index (χ1) is 13.8. The molecule has 3 aromatic rings. The molecule has 5 nitrogen and oxygen atoms in total. The molecule has 29 heavy (non-hydrogen) atoms. The molecule has 0 saturated carbocycles. The van der Waals surface area contributed by atoms with E-state index in [4.69, 9.17) is 0 Å². The molecule has 0 radical (unpaired) electrons. The Morgan fingerprint density at radius 3 is 2.62 bits per heavy atom. The van der Waals surface area contributed by atoms with E-state index in [1.165, 1.54) is 17.7 Å². The highest BCUT2D eigenvalue weighted by molar-refractivity contribution is 5.66. The highest BCUT2D eigenvalue weighted by Gasteiger charge is 2.31. The minimum Gasteiger partial charge on any atom is -0.299 e. The maximum atomic E-state index is 13.1. The Balaban J connectivity index is 1.47. The molecule has 1 aliphatic rings. The Labute approximate surface area is 167 Å². The predicted octanol–water partition coefficient (Wildman–Crippen LogP) is 4.52. The van der Waals surface area contributed by atoms with Gasteiger partial charge < -0.3 is 0 Å². The molecule has 0 spiro atoms. The number of aromatic amines is 1. The molecule has 1 saturated heterocycles. The average molecular weight is 403 g/mol. The monoisotopic (exact) mass is 403 g/mol. The van der Waals surface area contributed by atoms with Crippen molar-refractivity contribution < 1.29 is 13.2 Å². The van der Waals surface area contributed by atoms with Crippen molar-refractivity contribution in [3.63, 3.8) is 0 Å². The van der Waals surface area contributed by atoms with Crippen LogP contribution in [0.1, 0.15) is 41.3 Å². The number of nitrogens with zero attached hydrogens (tertiary/aromatic N) is 4. The van der Waals surface area contributed by atoms with E-state index in [-0.39, 0.29) is 5.92 Å². The lowest BCUT2D eigenvalue weighted by Crippen LogP contribution is -2.32. The first-order valence-corrected chi connectivity index (χ1v) is 9.73. The van der Waals surface area contributed by atoms with Crippen molar-refractivity contribution in [1.29, 1.82) is 0 Å². The normalized spacial score (nSPS) is 16.4. The second-order valence-corrected chi connectivity index (χ2v) is 7.74. The summed E-state index contributed by atoms with van der Waals surface area (Å²) >= 11 is 0. The molecule has 1 N–H and O–H groups in total. The van der Waals surface area contributed by atoms with E-state index in [0.717, 1.165) is 55.5 Å². The molecule has 1 fully saturated rings. The van der Waals surface area contributed by atoms with Crippen molar-refractivity contribution in [2.75, 3.05) is 13.1 Å². The number of benzene rings is 1. The number of halogens is 3. The highest BCUT2D eigenvalue weighted by atomic mass is 19.4. The smallest absolute Gasteiger partial charge is 0.299 e. The molecule has 0 bridgehead atoms. The molecular weight excluding hydrogens is 379 g/mol. The third-order valence-corrected chi connectivity index (χ3v) is 5.67. The van der Waals surface area contributed by atoms with Crippen LogP contribution in [0.25, 0.3) is 11.1 Å². The minimum absolute atomic E-state index is 0.258. The van der Waals surface area contributed by atoms with Gasteiger partial charge in [0.05, 0.1) is 17.5 Å². The zero-order chi connectivity index (χ0) is 20.6. The van der Waals surface area contributed by atoms with Crippen LogP contribution in [0.4, 0.5) is 13.2 Å². The van der Waals surface area contributed by atoms with E-state index >= 15 is 0 Å². The second-order valence-electron chi connectivity index (χ2n) is 7.74. The van der Waals surface area contributed by atoms with E-state index in [2.05, 4.69) is 26.4 Å². The molecule has 0 amide bonds. The maximum absolute atomic E-state index is 13.1. The number of aryl methyl sites for hydroxylation is 2. The Morgan fingerprint density at radius 2 is 1.97 bits per heavy atom. The zero-order valence-corrected chi connectivity index (χ0v) is 16.5. The topological polar surface area (TPSA) is 49.7 Å². The largest absolute Gasteiger partial charge is 0.416 e. The molecule has 0 aliphatic carbocycles. The lowest BCUT2D eigenvalue weighted by atomic mass is 9.89. The quantitative estimate of drug-likeness (QED) is 0.697. The van der Waals surface area contributed by atoms with Gasteiger partial charge in [0.1, 0.15) is 0 Å². The van der Waals surface area contributed by atoms with Gasteiger partial charge in [-0.2, -0.15) is 23.4 Å². The Bertz CT molecular complexity index is 980. The molecule has 154 valence electrons. The summed E-state index contributed by atoms with van der Waals surface area (Å²) in [6, 6.07) is 5.47. The van der Waals surface area contributed by atoms with Crippen LogP contribution in [0.2, 0.25) is 0 Å². The summed E-state index contributed by atoms with van der Waals surface area (Å²) in [7, 11) is 1.93. The van der Waals surface area contributed by atoms with E-state index in [1.54, 1.807) is 12.3 Å². The fourth-order valence-electron chi connectivity index (χ4n) is 4.12. The third kappa shape index (κ3) is 4.22. The van der Waals surface area contributed by atoms with Crippen molar-refractivity contribution in [1.82, 2.24) is 24.9 Å². The Kier molecular flexibility index (Phi) is 5.21. The number of nitrogens with one attached hydrogen (secondary N) is 1. The van der Waals surface area contributed by atoms with Gasteiger partial charge in [0.25, 0.3) is 0 Å². The van der Waals surface area contributed by atoms with Gasteiger partial charge >= 0.3 is 6.18 Å². The van der Waals surface area contributed by atoms with Crippen LogP contribution in [0.5, 0.6) is 0 Å². The summed E-state index contributed by atoms with van der Waals surface area (Å²) in [5.74, 6) is 0.258. The summed E-state index contributed by atoms with van der Waals surface area (Å²) in [6.07, 6.45) is 1.22. The molecule has 2 aromatic heterocycles. The van der Waals surface area contributed by atoms with Crippen molar-refractivity contribution >= 4 is 0 Å². The molecule has 4 rings (SSSR count). The van der Waals surface area contributed by atoms with Crippen LogP contribution in [-0.4, -0.2) is 38.0 Å². The second kappa shape index (κ2) is 7.67. The molecule has 8 heteroatoms. The summed E-state index contributed by atoms with van der Waals surface area (Å²) in [6.45, 7) is 4.75. The van der Waals surface area contributed by atoms with Crippen LogP contribution in [0.15, 0.2) is 36.7 Å². The van der Waals surface area contributed by atoms with Gasteiger partial charge in [-0.25, -0.2) is 0 Å². The Morgan fingerprint density at radius 1 is 1.21 bits per heavy atom. The minimum atomic E-state index is -4.35. The summed E-state index contributed by atoms with van der Waals surface area (Å²) in [5, 5.41) is 11.6. The molecule has 0 atom stereocenters. The number of aromatic nitrogens is 4. The fraction of sp³-hybridized carbons (Fsp3) is 0.429. The highest BCUT2D eigenvalue weighted by Crippen LogP contribution is 2.37. The number of H-pyrrole nitrogens is 1. The SMILES string of the molecule is Cc1nn(C)cc1CN1CCC(c2[nH]ncc2-c2cccc(C(F)(F)F)c2)CC1. The molecule has 1 aliphatic heterocycles. The number of rotatable bonds is 4. The van der Waals surface area contributed by atoms with Crippen LogP contribution in [0.3, 0.4) is 0 Å². The van der Waals surface area contributed by atoms with Crippen LogP contribution in [-0.2, 0) is 19.8 Å². The van der Waals surface area contributed by atoms with E-state index < -0.39 is 11.7 Å². The number of likely N-dealkylation sites (tertiary alicyclic amines) is 1.